The summed E-state index contributed by atoms with van der Waals surface area (Å²) >= 11 is 0. The molecule has 0 fully saturated rings. The van der Waals surface area contributed by atoms with Crippen LogP contribution in [0.25, 0.3) is 0 Å². The minimum absolute atomic E-state index is 0.0591. The van der Waals surface area contributed by atoms with Gasteiger partial charge in [-0.1, -0.05) is 6.07 Å². The fourth-order valence-electron chi connectivity index (χ4n) is 1.73. The predicted octanol–water partition coefficient (Wildman–Crippen LogP) is 3.48. The highest BCUT2D eigenvalue weighted by Crippen LogP contribution is 2.20. The molecular weight excluding hydrogens is 244 g/mol. The van der Waals surface area contributed by atoms with Gasteiger partial charge in [0.05, 0.1) is 0 Å². The highest BCUT2D eigenvalue weighted by molar-refractivity contribution is 5.84. The first kappa shape index (κ1) is 13.2. The number of carbonyl (C=O) groups is 1. The maximum atomic E-state index is 10.8. The second kappa shape index (κ2) is 5.18. The Morgan fingerprint density at radius 3 is 2.53 bits per heavy atom. The molecular formula is C15H16O4. The number of hydrogen-bond acceptors (Lipinski definition) is 3. The first-order valence-electron chi connectivity index (χ1n) is 6.00. The predicted molar refractivity (Wildman–Crippen MR) is 70.7 cm³/mol. The minimum atomic E-state index is -1.07. The second-order valence-electron chi connectivity index (χ2n) is 4.53. The third-order valence-corrected chi connectivity index (χ3v) is 3.10. The van der Waals surface area contributed by atoms with Gasteiger partial charge < -0.3 is 14.3 Å². The first-order chi connectivity index (χ1) is 8.97. The summed E-state index contributed by atoms with van der Waals surface area (Å²) < 4.78 is 10.8. The van der Waals surface area contributed by atoms with E-state index in [2.05, 4.69) is 0 Å². The summed E-state index contributed by atoms with van der Waals surface area (Å²) in [6, 6.07) is 7.35. The number of benzene rings is 1. The molecule has 0 aliphatic heterocycles. The van der Waals surface area contributed by atoms with Crippen molar-refractivity contribution >= 4 is 5.97 Å². The van der Waals surface area contributed by atoms with E-state index < -0.39 is 5.97 Å². The Labute approximate surface area is 111 Å². The quantitative estimate of drug-likeness (QED) is 0.914. The summed E-state index contributed by atoms with van der Waals surface area (Å²) in [6.45, 7) is 6.09. The molecule has 19 heavy (non-hydrogen) atoms. The molecule has 0 aliphatic rings. The Kier molecular flexibility index (Phi) is 3.60. The Balaban J connectivity index is 2.09. The maximum absolute atomic E-state index is 10.8. The summed E-state index contributed by atoms with van der Waals surface area (Å²) in [6.07, 6.45) is 0. The molecule has 0 amide bonds. The molecule has 1 aromatic carbocycles. The van der Waals surface area contributed by atoms with Crippen molar-refractivity contribution in [1.29, 1.82) is 0 Å². The van der Waals surface area contributed by atoms with Gasteiger partial charge in [-0.25, -0.2) is 4.79 Å². The van der Waals surface area contributed by atoms with Crippen molar-refractivity contribution < 1.29 is 19.1 Å². The molecule has 100 valence electrons. The second-order valence-corrected chi connectivity index (χ2v) is 4.53. The van der Waals surface area contributed by atoms with Gasteiger partial charge in [0.2, 0.25) is 5.76 Å². The molecule has 0 aliphatic carbocycles. The lowest BCUT2D eigenvalue weighted by atomic mass is 10.1. The number of aromatic carboxylic acids is 1. The summed E-state index contributed by atoms with van der Waals surface area (Å²) in [7, 11) is 0. The van der Waals surface area contributed by atoms with Crippen LogP contribution in [-0.2, 0) is 6.61 Å². The van der Waals surface area contributed by atoms with E-state index in [1.807, 2.05) is 32.0 Å². The van der Waals surface area contributed by atoms with E-state index in [-0.39, 0.29) is 5.76 Å². The zero-order chi connectivity index (χ0) is 14.0. The van der Waals surface area contributed by atoms with E-state index in [0.29, 0.717) is 12.4 Å². The van der Waals surface area contributed by atoms with Crippen LogP contribution in [0.4, 0.5) is 0 Å². The standard InChI is InChI=1S/C15H16O4/c1-9-4-5-13(6-10(9)2)18-8-12-7-14(15(16)17)19-11(12)3/h4-7H,8H2,1-3H3,(H,16,17). The van der Waals surface area contributed by atoms with Crippen LogP contribution in [0.5, 0.6) is 5.75 Å². The topological polar surface area (TPSA) is 59.7 Å². The van der Waals surface area contributed by atoms with Gasteiger partial charge in [0.25, 0.3) is 0 Å². The van der Waals surface area contributed by atoms with Gasteiger partial charge in [0.1, 0.15) is 18.1 Å². The zero-order valence-electron chi connectivity index (χ0n) is 11.2. The molecule has 4 heteroatoms. The van der Waals surface area contributed by atoms with Crippen molar-refractivity contribution in [3.8, 4) is 5.75 Å². The van der Waals surface area contributed by atoms with E-state index in [1.54, 1.807) is 6.92 Å². The molecule has 1 aromatic heterocycles. The minimum Gasteiger partial charge on any atom is -0.489 e. The average molecular weight is 260 g/mol. The number of furan rings is 1. The molecule has 2 rings (SSSR count). The van der Waals surface area contributed by atoms with E-state index in [4.69, 9.17) is 14.3 Å². The van der Waals surface area contributed by atoms with Gasteiger partial charge in [0, 0.05) is 5.56 Å². The lowest BCUT2D eigenvalue weighted by molar-refractivity contribution is 0.0661. The first-order valence-corrected chi connectivity index (χ1v) is 6.00. The van der Waals surface area contributed by atoms with Crippen molar-refractivity contribution in [3.05, 3.63) is 52.5 Å². The SMILES string of the molecule is Cc1ccc(OCc2cc(C(=O)O)oc2C)cc1C. The maximum Gasteiger partial charge on any atom is 0.371 e. The summed E-state index contributed by atoms with van der Waals surface area (Å²) in [5.74, 6) is 0.207. The van der Waals surface area contributed by atoms with Gasteiger partial charge in [0.15, 0.2) is 0 Å². The molecule has 0 saturated heterocycles. The van der Waals surface area contributed by atoms with Gasteiger partial charge in [-0.3, -0.25) is 0 Å². The zero-order valence-corrected chi connectivity index (χ0v) is 11.2. The Bertz CT molecular complexity index is 611. The van der Waals surface area contributed by atoms with Gasteiger partial charge in [-0.15, -0.1) is 0 Å². The largest absolute Gasteiger partial charge is 0.489 e. The smallest absolute Gasteiger partial charge is 0.371 e. The van der Waals surface area contributed by atoms with Crippen molar-refractivity contribution in [2.75, 3.05) is 0 Å². The van der Waals surface area contributed by atoms with E-state index >= 15 is 0 Å². The number of rotatable bonds is 4. The van der Waals surface area contributed by atoms with Crippen molar-refractivity contribution in [3.63, 3.8) is 0 Å². The van der Waals surface area contributed by atoms with Gasteiger partial charge in [-0.2, -0.15) is 0 Å². The Hall–Kier alpha value is -2.23. The van der Waals surface area contributed by atoms with Crippen LogP contribution in [0.15, 0.2) is 28.7 Å². The molecule has 0 bridgehead atoms. The molecule has 4 nitrogen and oxygen atoms in total. The average Bonchev–Trinajstić information content (AvgIpc) is 2.73. The van der Waals surface area contributed by atoms with Crippen LogP contribution >= 0.6 is 0 Å². The van der Waals surface area contributed by atoms with Crippen LogP contribution in [-0.4, -0.2) is 11.1 Å². The highest BCUT2D eigenvalue weighted by atomic mass is 16.5. The van der Waals surface area contributed by atoms with Crippen molar-refractivity contribution in [1.82, 2.24) is 0 Å². The summed E-state index contributed by atoms with van der Waals surface area (Å²) in [4.78, 5) is 10.8. The monoisotopic (exact) mass is 260 g/mol. The third kappa shape index (κ3) is 2.96. The molecule has 0 radical (unpaired) electrons. The Morgan fingerprint density at radius 2 is 1.95 bits per heavy atom. The van der Waals surface area contributed by atoms with Crippen LogP contribution in [0.3, 0.4) is 0 Å². The number of ether oxygens (including phenoxy) is 1. The van der Waals surface area contributed by atoms with Crippen LogP contribution < -0.4 is 4.74 Å². The lowest BCUT2D eigenvalue weighted by Crippen LogP contribution is -1.96. The fraction of sp³-hybridized carbons (Fsp3) is 0.267. The van der Waals surface area contributed by atoms with Crippen LogP contribution in [0.1, 0.15) is 33.0 Å². The fourth-order valence-corrected chi connectivity index (χ4v) is 1.73. The van der Waals surface area contributed by atoms with E-state index in [9.17, 15) is 4.79 Å². The normalized spacial score (nSPS) is 10.5. The molecule has 1 heterocycles. The van der Waals surface area contributed by atoms with Crippen LogP contribution in [0, 0.1) is 20.8 Å². The molecule has 2 aromatic rings. The van der Waals surface area contributed by atoms with Crippen LogP contribution in [0.2, 0.25) is 0 Å². The molecule has 1 N–H and O–H groups in total. The highest BCUT2D eigenvalue weighted by Gasteiger charge is 2.13. The third-order valence-electron chi connectivity index (χ3n) is 3.10. The van der Waals surface area contributed by atoms with Crippen molar-refractivity contribution in [2.45, 2.75) is 27.4 Å². The molecule has 0 unspecified atom stereocenters. The number of aryl methyl sites for hydroxylation is 3. The molecule has 0 atom stereocenters. The molecule has 0 saturated carbocycles. The number of hydrogen-bond donors (Lipinski definition) is 1. The molecule has 0 spiro atoms. The van der Waals surface area contributed by atoms with Gasteiger partial charge >= 0.3 is 5.97 Å². The Morgan fingerprint density at radius 1 is 1.21 bits per heavy atom. The number of carboxylic acid groups (broad SMARTS) is 1. The van der Waals surface area contributed by atoms with E-state index in [1.165, 1.54) is 11.6 Å². The lowest BCUT2D eigenvalue weighted by Gasteiger charge is -2.07. The van der Waals surface area contributed by atoms with Gasteiger partial charge in [-0.05, 0) is 50.1 Å². The summed E-state index contributed by atoms with van der Waals surface area (Å²) in [5, 5.41) is 8.84. The number of carboxylic acids is 1. The van der Waals surface area contributed by atoms with Crippen molar-refractivity contribution in [2.24, 2.45) is 0 Å². The van der Waals surface area contributed by atoms with E-state index in [0.717, 1.165) is 16.9 Å². The summed E-state index contributed by atoms with van der Waals surface area (Å²) in [5.41, 5.74) is 3.11.